The first-order valence-corrected chi connectivity index (χ1v) is 26.3. The van der Waals surface area contributed by atoms with Gasteiger partial charge in [-0.25, -0.2) is 4.57 Å². The maximum absolute atomic E-state index is 12.8. The third kappa shape index (κ3) is 30.6. The number of carbonyl (C=O) groups excluding carboxylic acids is 2. The van der Waals surface area contributed by atoms with Crippen molar-refractivity contribution in [1.82, 2.24) is 0 Å². The predicted octanol–water partition coefficient (Wildman–Crippen LogP) is 10.1. The number of phosphoric ester groups is 1. The number of hydrogen-bond donors (Lipinski definition) is 6. The highest BCUT2D eigenvalue weighted by Gasteiger charge is 2.51. The van der Waals surface area contributed by atoms with Crippen molar-refractivity contribution in [2.24, 2.45) is 0 Å². The molecule has 61 heavy (non-hydrogen) atoms. The van der Waals surface area contributed by atoms with E-state index in [0.29, 0.717) is 12.8 Å². The van der Waals surface area contributed by atoms with Gasteiger partial charge in [-0.05, 0) is 12.8 Å². The highest BCUT2D eigenvalue weighted by molar-refractivity contribution is 7.47. The Morgan fingerprint density at radius 2 is 0.738 bits per heavy atom. The molecule has 0 bridgehead atoms. The van der Waals surface area contributed by atoms with Gasteiger partial charge in [0, 0.05) is 12.8 Å². The van der Waals surface area contributed by atoms with Crippen molar-refractivity contribution in [3.8, 4) is 0 Å². The third-order valence-electron chi connectivity index (χ3n) is 11.9. The van der Waals surface area contributed by atoms with Gasteiger partial charge in [0.05, 0.1) is 6.61 Å². The van der Waals surface area contributed by atoms with E-state index in [2.05, 4.69) is 13.8 Å². The van der Waals surface area contributed by atoms with E-state index in [-0.39, 0.29) is 12.8 Å². The van der Waals surface area contributed by atoms with Crippen molar-refractivity contribution in [1.29, 1.82) is 0 Å². The third-order valence-corrected chi connectivity index (χ3v) is 12.9. The van der Waals surface area contributed by atoms with Crippen molar-refractivity contribution in [2.45, 2.75) is 275 Å². The van der Waals surface area contributed by atoms with Gasteiger partial charge in [-0.1, -0.05) is 206 Å². The number of unbranched alkanes of at least 4 members (excludes halogenated alkanes) is 30. The van der Waals surface area contributed by atoms with Crippen molar-refractivity contribution < 1.29 is 63.1 Å². The Morgan fingerprint density at radius 1 is 0.443 bits per heavy atom. The van der Waals surface area contributed by atoms with E-state index in [1.807, 2.05) is 0 Å². The van der Waals surface area contributed by atoms with E-state index in [4.69, 9.17) is 18.5 Å². The van der Waals surface area contributed by atoms with E-state index in [1.54, 1.807) is 0 Å². The molecular formula is C47H91O13P. The highest BCUT2D eigenvalue weighted by atomic mass is 31.2. The number of carbonyl (C=O) groups is 2. The summed E-state index contributed by atoms with van der Waals surface area (Å²) in [6.45, 7) is 3.34. The Balaban J connectivity index is 2.40. The monoisotopic (exact) mass is 895 g/mol. The lowest BCUT2D eigenvalue weighted by molar-refractivity contribution is -0.220. The van der Waals surface area contributed by atoms with Crippen LogP contribution < -0.4 is 0 Å². The number of ether oxygens (including phenoxy) is 2. The Hall–Kier alpha value is -1.15. The first kappa shape index (κ1) is 57.9. The van der Waals surface area contributed by atoms with E-state index < -0.39 is 75.7 Å². The van der Waals surface area contributed by atoms with Crippen LogP contribution >= 0.6 is 7.82 Å². The standard InChI is InChI=1S/C47H91O13P/c1-3-5-7-9-11-13-15-17-19-20-22-24-26-28-30-32-34-36-41(49)59-39(38-58-61(55,56)60-47-45(53)43(51)42(50)44(52)46(47)54)37-57-40(48)35-33-31-29-27-25-23-21-18-16-14-12-10-8-6-4-2/h39,42-47,50-54H,3-38H2,1-2H3,(H,55,56)/t39-,42?,43-,44+,45-,46-,47?/m1/s1. The van der Waals surface area contributed by atoms with Crippen molar-refractivity contribution in [3.05, 3.63) is 0 Å². The average Bonchev–Trinajstić information content (AvgIpc) is 3.24. The Bertz CT molecular complexity index is 1080. The molecule has 6 N–H and O–H groups in total. The topological polar surface area (TPSA) is 210 Å². The molecule has 0 heterocycles. The molecule has 0 aromatic heterocycles. The lowest BCUT2D eigenvalue weighted by Crippen LogP contribution is -2.64. The summed E-state index contributed by atoms with van der Waals surface area (Å²) in [4.78, 5) is 35.8. The molecule has 0 aromatic rings. The van der Waals surface area contributed by atoms with Gasteiger partial charge in [0.2, 0.25) is 0 Å². The highest BCUT2D eigenvalue weighted by Crippen LogP contribution is 2.47. The minimum Gasteiger partial charge on any atom is -0.462 e. The minimum absolute atomic E-state index is 0.105. The molecule has 3 unspecified atom stereocenters. The van der Waals surface area contributed by atoms with Crippen LogP contribution in [0.1, 0.15) is 232 Å². The summed E-state index contributed by atoms with van der Waals surface area (Å²) < 4.78 is 33.6. The van der Waals surface area contributed by atoms with Gasteiger partial charge in [-0.3, -0.25) is 18.6 Å². The second kappa shape index (κ2) is 38.2. The second-order valence-corrected chi connectivity index (χ2v) is 19.1. The summed E-state index contributed by atoms with van der Waals surface area (Å²) in [6.07, 6.45) is 25.8. The van der Waals surface area contributed by atoms with E-state index in [9.17, 15) is 44.6 Å². The molecule has 14 heteroatoms. The molecular weight excluding hydrogens is 803 g/mol. The normalized spacial score (nSPS) is 21.9. The van der Waals surface area contributed by atoms with Crippen molar-refractivity contribution in [3.63, 3.8) is 0 Å². The fourth-order valence-electron chi connectivity index (χ4n) is 7.94. The molecule has 8 atom stereocenters. The molecule has 1 aliphatic rings. The van der Waals surface area contributed by atoms with Crippen LogP contribution in [0.2, 0.25) is 0 Å². The Morgan fingerprint density at radius 3 is 1.08 bits per heavy atom. The number of phosphoric acid groups is 1. The maximum Gasteiger partial charge on any atom is 0.472 e. The molecule has 0 saturated heterocycles. The molecule has 1 aliphatic carbocycles. The van der Waals surface area contributed by atoms with Crippen LogP contribution in [0.3, 0.4) is 0 Å². The Kier molecular flexibility index (Phi) is 36.2. The van der Waals surface area contributed by atoms with Gasteiger partial charge in [0.25, 0.3) is 0 Å². The summed E-state index contributed by atoms with van der Waals surface area (Å²) in [6, 6.07) is 0. The Labute approximate surface area is 370 Å². The summed E-state index contributed by atoms with van der Waals surface area (Å²) in [5, 5.41) is 50.2. The molecule has 362 valence electrons. The average molecular weight is 895 g/mol. The van der Waals surface area contributed by atoms with Gasteiger partial charge in [-0.15, -0.1) is 0 Å². The van der Waals surface area contributed by atoms with E-state index in [0.717, 1.165) is 38.5 Å². The van der Waals surface area contributed by atoms with Gasteiger partial charge in [-0.2, -0.15) is 0 Å². The van der Waals surface area contributed by atoms with Gasteiger partial charge < -0.3 is 39.9 Å². The first-order valence-electron chi connectivity index (χ1n) is 24.8. The largest absolute Gasteiger partial charge is 0.472 e. The predicted molar refractivity (Wildman–Crippen MR) is 240 cm³/mol. The lowest BCUT2D eigenvalue weighted by Gasteiger charge is -2.41. The van der Waals surface area contributed by atoms with E-state index >= 15 is 0 Å². The number of rotatable bonds is 42. The van der Waals surface area contributed by atoms with Crippen LogP contribution in [-0.2, 0) is 32.7 Å². The van der Waals surface area contributed by atoms with E-state index in [1.165, 1.54) is 154 Å². The number of hydrogen-bond acceptors (Lipinski definition) is 12. The zero-order chi connectivity index (χ0) is 45.0. The minimum atomic E-state index is -5.11. The molecule has 13 nitrogen and oxygen atoms in total. The molecule has 0 aromatic carbocycles. The molecule has 0 aliphatic heterocycles. The van der Waals surface area contributed by atoms with Crippen LogP contribution in [0.5, 0.6) is 0 Å². The number of aliphatic hydroxyl groups is 5. The zero-order valence-electron chi connectivity index (χ0n) is 38.5. The quantitative estimate of drug-likeness (QED) is 0.0192. The van der Waals surface area contributed by atoms with Crippen molar-refractivity contribution >= 4 is 19.8 Å². The van der Waals surface area contributed by atoms with Gasteiger partial charge in [0.15, 0.2) is 6.10 Å². The fourth-order valence-corrected chi connectivity index (χ4v) is 8.91. The number of esters is 2. The first-order chi connectivity index (χ1) is 29.4. The summed E-state index contributed by atoms with van der Waals surface area (Å²) >= 11 is 0. The maximum atomic E-state index is 12.8. The van der Waals surface area contributed by atoms with Crippen LogP contribution in [-0.4, -0.2) is 98.3 Å². The molecule has 0 amide bonds. The molecule has 1 fully saturated rings. The van der Waals surface area contributed by atoms with Crippen LogP contribution in [0, 0.1) is 0 Å². The lowest BCUT2D eigenvalue weighted by atomic mass is 9.85. The molecule has 0 spiro atoms. The zero-order valence-corrected chi connectivity index (χ0v) is 39.4. The van der Waals surface area contributed by atoms with Gasteiger partial charge >= 0.3 is 19.8 Å². The summed E-state index contributed by atoms with van der Waals surface area (Å²) in [7, 11) is -5.11. The molecule has 1 rings (SSSR count). The smallest absolute Gasteiger partial charge is 0.462 e. The second-order valence-electron chi connectivity index (χ2n) is 17.7. The van der Waals surface area contributed by atoms with Crippen LogP contribution in [0.4, 0.5) is 0 Å². The summed E-state index contributed by atoms with van der Waals surface area (Å²) in [5.74, 6) is -1.08. The number of aliphatic hydroxyl groups excluding tert-OH is 5. The van der Waals surface area contributed by atoms with Crippen LogP contribution in [0.25, 0.3) is 0 Å². The van der Waals surface area contributed by atoms with Crippen molar-refractivity contribution in [2.75, 3.05) is 13.2 Å². The van der Waals surface area contributed by atoms with Gasteiger partial charge in [0.1, 0.15) is 43.2 Å². The SMILES string of the molecule is CCCCCCCCCCCCCCCCCCCC(=O)O[C@H](COC(=O)CCCCCCCCCCCCCCCCC)COP(=O)(O)OC1[C@H](O)[C@H](O)C(O)[C@H](O)[C@H]1O. The fraction of sp³-hybridized carbons (Fsp3) is 0.957. The van der Waals surface area contributed by atoms with Crippen LogP contribution in [0.15, 0.2) is 0 Å². The molecule has 1 saturated carbocycles. The summed E-state index contributed by atoms with van der Waals surface area (Å²) in [5.41, 5.74) is 0. The molecule has 0 radical (unpaired) electrons.